The highest BCUT2D eigenvalue weighted by atomic mass is 19.3. The lowest BCUT2D eigenvalue weighted by molar-refractivity contribution is -0.189. The minimum Gasteiger partial charge on any atom is -0.429 e. The third-order valence-corrected chi connectivity index (χ3v) is 7.41. The predicted octanol–water partition coefficient (Wildman–Crippen LogP) is 8.47. The van der Waals surface area contributed by atoms with Crippen LogP contribution >= 0.6 is 0 Å². The summed E-state index contributed by atoms with van der Waals surface area (Å²) in [4.78, 5) is 0. The van der Waals surface area contributed by atoms with E-state index >= 15 is 0 Å². The molecule has 0 radical (unpaired) electrons. The average Bonchev–Trinajstić information content (AvgIpc) is 2.72. The maximum Gasteiger partial charge on any atom is 0.432 e. The number of benzene rings is 2. The first-order valence-corrected chi connectivity index (χ1v) is 11.6. The van der Waals surface area contributed by atoms with Crippen molar-refractivity contribution in [3.8, 4) is 5.75 Å². The molecule has 0 N–H and O–H groups in total. The maximum absolute atomic E-state index is 14.7. The van der Waals surface area contributed by atoms with Crippen molar-refractivity contribution in [1.29, 1.82) is 0 Å². The third kappa shape index (κ3) is 5.49. The molecular weight excluding hydrogens is 442 g/mol. The number of rotatable bonds is 5. The van der Waals surface area contributed by atoms with Crippen molar-refractivity contribution in [2.75, 3.05) is 0 Å². The summed E-state index contributed by atoms with van der Waals surface area (Å²) < 4.78 is 89.3. The molecule has 0 unspecified atom stereocenters. The van der Waals surface area contributed by atoms with Crippen LogP contribution in [-0.4, -0.2) is 0 Å². The fraction of sp³-hybridized carbons (Fsp3) is 0.538. The van der Waals surface area contributed by atoms with E-state index in [4.69, 9.17) is 0 Å². The lowest BCUT2D eigenvalue weighted by Crippen LogP contribution is -2.26. The molecule has 0 atom stereocenters. The van der Waals surface area contributed by atoms with Gasteiger partial charge in [-0.1, -0.05) is 19.8 Å². The Hall–Kier alpha value is -2.18. The molecule has 0 spiro atoms. The average molecular weight is 470 g/mol. The van der Waals surface area contributed by atoms with Crippen molar-refractivity contribution in [3.05, 3.63) is 64.7 Å². The molecule has 33 heavy (non-hydrogen) atoms. The normalized spacial score (nSPS) is 26.3. The van der Waals surface area contributed by atoms with E-state index < -0.39 is 40.7 Å². The zero-order valence-corrected chi connectivity index (χ0v) is 18.5. The first-order chi connectivity index (χ1) is 15.6. The van der Waals surface area contributed by atoms with Gasteiger partial charge in [-0.15, -0.1) is 0 Å². The molecule has 2 aromatic carbocycles. The summed E-state index contributed by atoms with van der Waals surface area (Å²) in [5, 5.41) is 0. The molecule has 2 aliphatic rings. The number of hydrogen-bond acceptors (Lipinski definition) is 1. The zero-order valence-electron chi connectivity index (χ0n) is 18.5. The van der Waals surface area contributed by atoms with Crippen LogP contribution < -0.4 is 4.74 Å². The standard InChI is InChI=1S/C26H28F6O/c1-15-2-4-16(5-3-15)17-6-8-18(9-7-17)19-10-23(29)25(24(30)11-19)26(31,32)33-22-13-20(27)12-21(28)14-22/h10-18H,2-9H2,1H3. The minimum absolute atomic E-state index is 0.0892. The van der Waals surface area contributed by atoms with Crippen molar-refractivity contribution < 1.29 is 31.1 Å². The Morgan fingerprint density at radius 2 is 1.18 bits per heavy atom. The lowest BCUT2D eigenvalue weighted by atomic mass is 9.68. The molecule has 2 fully saturated rings. The summed E-state index contributed by atoms with van der Waals surface area (Å²) in [5.41, 5.74) is -1.21. The van der Waals surface area contributed by atoms with Crippen LogP contribution in [0.4, 0.5) is 26.3 Å². The smallest absolute Gasteiger partial charge is 0.429 e. The number of alkyl halides is 2. The van der Waals surface area contributed by atoms with Gasteiger partial charge in [0.05, 0.1) is 0 Å². The predicted molar refractivity (Wildman–Crippen MR) is 113 cm³/mol. The molecule has 0 heterocycles. The second-order valence-corrected chi connectivity index (χ2v) is 9.72. The monoisotopic (exact) mass is 470 g/mol. The van der Waals surface area contributed by atoms with E-state index in [0.717, 1.165) is 43.7 Å². The van der Waals surface area contributed by atoms with Gasteiger partial charge in [-0.2, -0.15) is 8.78 Å². The van der Waals surface area contributed by atoms with Gasteiger partial charge >= 0.3 is 6.11 Å². The second-order valence-electron chi connectivity index (χ2n) is 9.72. The van der Waals surface area contributed by atoms with Gasteiger partial charge in [-0.3, -0.25) is 0 Å². The highest BCUT2D eigenvalue weighted by Gasteiger charge is 2.42. The Labute approximate surface area is 190 Å². The largest absolute Gasteiger partial charge is 0.432 e. The summed E-state index contributed by atoms with van der Waals surface area (Å²) >= 11 is 0. The first kappa shape index (κ1) is 24.0. The molecule has 1 nitrogen and oxygen atoms in total. The Bertz CT molecular complexity index is 931. The fourth-order valence-corrected chi connectivity index (χ4v) is 5.57. The van der Waals surface area contributed by atoms with E-state index in [1.165, 1.54) is 25.7 Å². The molecule has 2 aromatic rings. The van der Waals surface area contributed by atoms with Crippen LogP contribution in [0.1, 0.15) is 75.3 Å². The number of halogens is 6. The van der Waals surface area contributed by atoms with Crippen LogP contribution in [0.25, 0.3) is 0 Å². The quantitative estimate of drug-likeness (QED) is 0.398. The van der Waals surface area contributed by atoms with Crippen LogP contribution in [-0.2, 0) is 6.11 Å². The molecule has 4 rings (SSSR count). The summed E-state index contributed by atoms with van der Waals surface area (Å²) in [6.07, 6.45) is 4.01. The van der Waals surface area contributed by atoms with Crippen LogP contribution in [0.5, 0.6) is 5.75 Å². The van der Waals surface area contributed by atoms with Crippen molar-refractivity contribution in [1.82, 2.24) is 0 Å². The molecule has 2 aliphatic carbocycles. The highest BCUT2D eigenvalue weighted by molar-refractivity contribution is 5.32. The second kappa shape index (κ2) is 9.59. The third-order valence-electron chi connectivity index (χ3n) is 7.41. The summed E-state index contributed by atoms with van der Waals surface area (Å²) in [5.74, 6) is -4.00. The van der Waals surface area contributed by atoms with E-state index in [9.17, 15) is 26.3 Å². The summed E-state index contributed by atoms with van der Waals surface area (Å²) in [6.45, 7) is 2.28. The molecular formula is C26H28F6O. The van der Waals surface area contributed by atoms with E-state index in [2.05, 4.69) is 11.7 Å². The van der Waals surface area contributed by atoms with Gasteiger partial charge in [0, 0.05) is 18.2 Å². The Morgan fingerprint density at radius 3 is 1.70 bits per heavy atom. The zero-order chi connectivity index (χ0) is 23.8. The Kier molecular flexibility index (Phi) is 6.96. The molecule has 0 amide bonds. The SMILES string of the molecule is CC1CCC(C2CCC(c3cc(F)c(C(F)(F)Oc4cc(F)cc(F)c4)c(F)c3)CC2)CC1. The molecule has 7 heteroatoms. The van der Waals surface area contributed by atoms with Gasteiger partial charge in [0.15, 0.2) is 0 Å². The van der Waals surface area contributed by atoms with Crippen molar-refractivity contribution in [2.45, 2.75) is 70.3 Å². The summed E-state index contributed by atoms with van der Waals surface area (Å²) in [7, 11) is 0. The molecule has 0 aromatic heterocycles. The van der Waals surface area contributed by atoms with E-state index in [1.54, 1.807) is 0 Å². The van der Waals surface area contributed by atoms with E-state index in [1.807, 2.05) is 0 Å². The molecule has 0 bridgehead atoms. The van der Waals surface area contributed by atoms with Crippen molar-refractivity contribution >= 4 is 0 Å². The summed E-state index contributed by atoms with van der Waals surface area (Å²) in [6, 6.07) is 3.40. The van der Waals surface area contributed by atoms with Gasteiger partial charge in [-0.05, 0) is 79.9 Å². The van der Waals surface area contributed by atoms with Gasteiger partial charge in [-0.25, -0.2) is 17.6 Å². The lowest BCUT2D eigenvalue weighted by Gasteiger charge is -2.37. The van der Waals surface area contributed by atoms with Crippen LogP contribution in [0, 0.1) is 41.0 Å². The number of hydrogen-bond donors (Lipinski definition) is 0. The highest BCUT2D eigenvalue weighted by Crippen LogP contribution is 2.45. The van der Waals surface area contributed by atoms with Crippen LogP contribution in [0.2, 0.25) is 0 Å². The molecule has 180 valence electrons. The Balaban J connectivity index is 1.46. The van der Waals surface area contributed by atoms with Gasteiger partial charge < -0.3 is 4.74 Å². The molecule has 0 aliphatic heterocycles. The molecule has 2 saturated carbocycles. The minimum atomic E-state index is -4.44. The maximum atomic E-state index is 14.7. The van der Waals surface area contributed by atoms with E-state index in [0.29, 0.717) is 35.6 Å². The van der Waals surface area contributed by atoms with Gasteiger partial charge in [0.2, 0.25) is 0 Å². The topological polar surface area (TPSA) is 9.23 Å². The van der Waals surface area contributed by atoms with Gasteiger partial charge in [0.1, 0.15) is 34.6 Å². The van der Waals surface area contributed by atoms with Crippen LogP contribution in [0.15, 0.2) is 30.3 Å². The Morgan fingerprint density at radius 1 is 0.697 bits per heavy atom. The van der Waals surface area contributed by atoms with E-state index in [-0.39, 0.29) is 5.92 Å². The van der Waals surface area contributed by atoms with Crippen molar-refractivity contribution in [3.63, 3.8) is 0 Å². The molecule has 0 saturated heterocycles. The van der Waals surface area contributed by atoms with Gasteiger partial charge in [0.25, 0.3) is 0 Å². The number of ether oxygens (including phenoxy) is 1. The van der Waals surface area contributed by atoms with Crippen LogP contribution in [0.3, 0.4) is 0 Å². The van der Waals surface area contributed by atoms with Crippen molar-refractivity contribution in [2.24, 2.45) is 17.8 Å². The fourth-order valence-electron chi connectivity index (χ4n) is 5.57. The first-order valence-electron chi connectivity index (χ1n) is 11.6.